The summed E-state index contributed by atoms with van der Waals surface area (Å²) in [5.74, 6) is -2.09. The monoisotopic (exact) mass is 464 g/mol. The number of aliphatic hydroxyl groups excluding tert-OH is 1. The molecule has 1 heterocycles. The molecule has 1 atom stereocenters. The number of aryl methyl sites for hydroxylation is 1. The summed E-state index contributed by atoms with van der Waals surface area (Å²) in [4.78, 5) is 36.5. The summed E-state index contributed by atoms with van der Waals surface area (Å²) in [6, 6.07) is 14.6. The van der Waals surface area contributed by atoms with E-state index in [1.54, 1.807) is 0 Å². The second kappa shape index (κ2) is 9.75. The molecule has 0 fully saturated rings. The van der Waals surface area contributed by atoms with Gasteiger partial charge in [0.2, 0.25) is 0 Å². The number of nitrogens with one attached hydrogen (secondary N) is 2. The summed E-state index contributed by atoms with van der Waals surface area (Å²) in [6.07, 6.45) is 0.285. The zero-order chi connectivity index (χ0) is 24.2. The van der Waals surface area contributed by atoms with Crippen LogP contribution in [0.4, 0.5) is 10.6 Å². The van der Waals surface area contributed by atoms with Gasteiger partial charge in [0, 0.05) is 26.0 Å². The van der Waals surface area contributed by atoms with Crippen LogP contribution in [0.1, 0.15) is 33.8 Å². The molecule has 2 amide bonds. The molecule has 176 valence electrons. The van der Waals surface area contributed by atoms with Crippen molar-refractivity contribution in [1.29, 1.82) is 0 Å². The van der Waals surface area contributed by atoms with Gasteiger partial charge in [-0.15, -0.1) is 0 Å². The Hall–Kier alpha value is -4.18. The van der Waals surface area contributed by atoms with Gasteiger partial charge in [-0.3, -0.25) is 14.8 Å². The average molecular weight is 464 g/mol. The first-order valence-electron chi connectivity index (χ1n) is 10.7. The fourth-order valence-corrected chi connectivity index (χ4v) is 4.11. The highest BCUT2D eigenvalue weighted by atomic mass is 16.5. The number of carbonyl (C=O) groups excluding carboxylic acids is 2. The molecular formula is C24H24N4O6. The van der Waals surface area contributed by atoms with Crippen molar-refractivity contribution in [2.75, 3.05) is 18.5 Å². The van der Waals surface area contributed by atoms with E-state index in [0.29, 0.717) is 0 Å². The standard InChI is InChI=1S/C24H24N4O6/c1-28-21(18(12-25-28)22(30)26-20(10-11-29)23(31)32)27-24(33)34-13-19-16-8-4-2-6-14(16)15-7-3-5-9-17(15)19/h2-9,12,19-20,29H,10-11,13H2,1H3,(H,26,30)(H,27,33)(H,31,32)/t20-/m0/s1. The maximum atomic E-state index is 12.6. The Bertz CT molecular complexity index is 1190. The van der Waals surface area contributed by atoms with Gasteiger partial charge < -0.3 is 20.3 Å². The van der Waals surface area contributed by atoms with Gasteiger partial charge in [-0.2, -0.15) is 5.10 Å². The molecule has 0 saturated carbocycles. The third-order valence-electron chi connectivity index (χ3n) is 5.77. The topological polar surface area (TPSA) is 143 Å². The first-order valence-corrected chi connectivity index (χ1v) is 10.7. The van der Waals surface area contributed by atoms with Gasteiger partial charge in [-0.25, -0.2) is 9.59 Å². The van der Waals surface area contributed by atoms with E-state index < -0.39 is 30.6 Å². The lowest BCUT2D eigenvalue weighted by molar-refractivity contribution is -0.139. The lowest BCUT2D eigenvalue weighted by Gasteiger charge is -2.16. The number of nitrogens with zero attached hydrogens (tertiary/aromatic N) is 2. The van der Waals surface area contributed by atoms with E-state index >= 15 is 0 Å². The van der Waals surface area contributed by atoms with Crippen LogP contribution >= 0.6 is 0 Å². The fraction of sp³-hybridized carbons (Fsp3) is 0.250. The lowest BCUT2D eigenvalue weighted by Crippen LogP contribution is -2.41. The molecule has 0 saturated heterocycles. The number of amides is 2. The summed E-state index contributed by atoms with van der Waals surface area (Å²) >= 11 is 0. The van der Waals surface area contributed by atoms with Gasteiger partial charge in [0.15, 0.2) is 0 Å². The summed E-state index contributed by atoms with van der Waals surface area (Å²) < 4.78 is 6.79. The quantitative estimate of drug-likeness (QED) is 0.401. The number of carboxylic acids is 1. The van der Waals surface area contributed by atoms with Crippen molar-refractivity contribution in [2.24, 2.45) is 7.05 Å². The molecule has 10 heteroatoms. The number of carboxylic acid groups (broad SMARTS) is 1. The number of aromatic nitrogens is 2. The Morgan fingerprint density at radius 3 is 2.29 bits per heavy atom. The van der Waals surface area contributed by atoms with Gasteiger partial charge in [-0.05, 0) is 22.3 Å². The van der Waals surface area contributed by atoms with E-state index in [1.165, 1.54) is 17.9 Å². The predicted octanol–water partition coefficient (Wildman–Crippen LogP) is 2.35. The summed E-state index contributed by atoms with van der Waals surface area (Å²) in [6.45, 7) is -0.314. The number of hydrogen-bond acceptors (Lipinski definition) is 6. The highest BCUT2D eigenvalue weighted by molar-refractivity contribution is 6.02. The molecule has 0 bridgehead atoms. The number of benzene rings is 2. The molecule has 1 aliphatic rings. The molecular weight excluding hydrogens is 440 g/mol. The number of ether oxygens (including phenoxy) is 1. The zero-order valence-electron chi connectivity index (χ0n) is 18.4. The van der Waals surface area contributed by atoms with Crippen molar-refractivity contribution in [1.82, 2.24) is 15.1 Å². The number of fused-ring (bicyclic) bond motifs is 3. The van der Waals surface area contributed by atoms with Crippen LogP contribution < -0.4 is 10.6 Å². The Labute approximate surface area is 195 Å². The molecule has 10 nitrogen and oxygen atoms in total. The summed E-state index contributed by atoms with van der Waals surface area (Å²) in [7, 11) is 1.53. The Balaban J connectivity index is 1.45. The van der Waals surface area contributed by atoms with E-state index in [-0.39, 0.29) is 30.3 Å². The molecule has 4 N–H and O–H groups in total. The molecule has 0 unspecified atom stereocenters. The van der Waals surface area contributed by atoms with E-state index in [4.69, 9.17) is 9.84 Å². The minimum absolute atomic E-state index is 0.0276. The second-order valence-corrected chi connectivity index (χ2v) is 7.86. The smallest absolute Gasteiger partial charge is 0.412 e. The van der Waals surface area contributed by atoms with Crippen LogP contribution in [0, 0.1) is 0 Å². The average Bonchev–Trinajstić information content (AvgIpc) is 3.35. The minimum atomic E-state index is -1.28. The molecule has 3 aromatic rings. The maximum absolute atomic E-state index is 12.6. The SMILES string of the molecule is Cn1ncc(C(=O)N[C@@H](CCO)C(=O)O)c1NC(=O)OCC1c2ccccc2-c2ccccc21. The third kappa shape index (κ3) is 4.48. The van der Waals surface area contributed by atoms with E-state index in [1.807, 2.05) is 48.5 Å². The van der Waals surface area contributed by atoms with Gasteiger partial charge in [0.1, 0.15) is 24.0 Å². The Kier molecular flexibility index (Phi) is 6.60. The van der Waals surface area contributed by atoms with Crippen LogP contribution in [-0.4, -0.2) is 57.2 Å². The van der Waals surface area contributed by atoms with Crippen LogP contribution in [0.15, 0.2) is 54.7 Å². The number of carbonyl (C=O) groups is 3. The molecule has 2 aromatic carbocycles. The van der Waals surface area contributed by atoms with Crippen LogP contribution in [0.5, 0.6) is 0 Å². The van der Waals surface area contributed by atoms with Crippen molar-refractivity contribution in [3.8, 4) is 11.1 Å². The number of rotatable bonds is 8. The van der Waals surface area contributed by atoms with Gasteiger partial charge >= 0.3 is 12.1 Å². The van der Waals surface area contributed by atoms with Gasteiger partial charge in [-0.1, -0.05) is 48.5 Å². The predicted molar refractivity (Wildman–Crippen MR) is 122 cm³/mol. The molecule has 1 aliphatic carbocycles. The molecule has 0 aliphatic heterocycles. The number of hydrogen-bond donors (Lipinski definition) is 4. The number of anilines is 1. The fourth-order valence-electron chi connectivity index (χ4n) is 4.11. The highest BCUT2D eigenvalue weighted by Gasteiger charge is 2.29. The summed E-state index contributed by atoms with van der Waals surface area (Å²) in [5, 5.41) is 27.0. The van der Waals surface area contributed by atoms with Crippen molar-refractivity contribution in [3.05, 3.63) is 71.4 Å². The maximum Gasteiger partial charge on any atom is 0.412 e. The van der Waals surface area contributed by atoms with Crippen LogP contribution in [0.3, 0.4) is 0 Å². The molecule has 4 rings (SSSR count). The largest absolute Gasteiger partial charge is 0.480 e. The number of aliphatic hydroxyl groups is 1. The molecule has 0 spiro atoms. The van der Waals surface area contributed by atoms with E-state index in [9.17, 15) is 19.5 Å². The van der Waals surface area contributed by atoms with Crippen LogP contribution in [0.25, 0.3) is 11.1 Å². The molecule has 0 radical (unpaired) electrons. The first-order chi connectivity index (χ1) is 16.4. The van der Waals surface area contributed by atoms with E-state index in [0.717, 1.165) is 22.3 Å². The van der Waals surface area contributed by atoms with E-state index in [2.05, 4.69) is 15.7 Å². The van der Waals surface area contributed by atoms with Crippen LogP contribution in [0.2, 0.25) is 0 Å². The Morgan fingerprint density at radius 1 is 1.09 bits per heavy atom. The third-order valence-corrected chi connectivity index (χ3v) is 5.77. The van der Waals surface area contributed by atoms with Crippen molar-refractivity contribution in [2.45, 2.75) is 18.4 Å². The normalized spacial score (nSPS) is 13.0. The van der Waals surface area contributed by atoms with Crippen molar-refractivity contribution >= 4 is 23.8 Å². The first kappa shape index (κ1) is 23.0. The molecule has 34 heavy (non-hydrogen) atoms. The minimum Gasteiger partial charge on any atom is -0.480 e. The molecule has 1 aromatic heterocycles. The highest BCUT2D eigenvalue weighted by Crippen LogP contribution is 2.44. The zero-order valence-corrected chi connectivity index (χ0v) is 18.4. The number of aliphatic carboxylic acids is 1. The van der Waals surface area contributed by atoms with Gasteiger partial charge in [0.05, 0.1) is 6.20 Å². The van der Waals surface area contributed by atoms with Crippen molar-refractivity contribution in [3.63, 3.8) is 0 Å². The lowest BCUT2D eigenvalue weighted by atomic mass is 9.98. The summed E-state index contributed by atoms with van der Waals surface area (Å²) in [5.41, 5.74) is 4.32. The van der Waals surface area contributed by atoms with Crippen molar-refractivity contribution < 1.29 is 29.3 Å². The van der Waals surface area contributed by atoms with Crippen LogP contribution in [-0.2, 0) is 16.6 Å². The second-order valence-electron chi connectivity index (χ2n) is 7.86. The van der Waals surface area contributed by atoms with Gasteiger partial charge in [0.25, 0.3) is 5.91 Å². The Morgan fingerprint density at radius 2 is 1.71 bits per heavy atom.